The molecule has 4 heteroatoms. The molecule has 0 aromatic rings. The van der Waals surface area contributed by atoms with E-state index in [0.717, 1.165) is 0 Å². The third kappa shape index (κ3) is 12.4. The molecule has 0 unspecified atom stereocenters. The molecule has 0 radical (unpaired) electrons. The highest BCUT2D eigenvalue weighted by Crippen LogP contribution is 1.90. The summed E-state index contributed by atoms with van der Waals surface area (Å²) in [6, 6.07) is 0. The molecular formula is C12H18O4. The highest BCUT2D eigenvalue weighted by Gasteiger charge is 1.89. The minimum Gasteiger partial charge on any atom is -0.466 e. The number of carbonyl (C=O) groups excluding carboxylic acids is 2. The summed E-state index contributed by atoms with van der Waals surface area (Å²) < 4.78 is 9.48. The maximum atomic E-state index is 10.4. The molecule has 90 valence electrons. The number of allylic oxidation sites excluding steroid dienone is 2. The quantitative estimate of drug-likeness (QED) is 0.378. The molecule has 0 bridgehead atoms. The van der Waals surface area contributed by atoms with Crippen molar-refractivity contribution in [2.24, 2.45) is 0 Å². The fourth-order valence-corrected chi connectivity index (χ4v) is 0.891. The van der Waals surface area contributed by atoms with Crippen LogP contribution in [-0.2, 0) is 19.1 Å². The first-order valence-corrected chi connectivity index (χ1v) is 5.21. The van der Waals surface area contributed by atoms with Gasteiger partial charge in [-0.1, -0.05) is 24.3 Å². The molecule has 0 aliphatic heterocycles. The van der Waals surface area contributed by atoms with Gasteiger partial charge in [0.2, 0.25) is 0 Å². The molecule has 0 aromatic heterocycles. The second-order valence-corrected chi connectivity index (χ2v) is 3.11. The Labute approximate surface area is 95.9 Å². The van der Waals surface area contributed by atoms with E-state index in [-0.39, 0.29) is 11.9 Å². The second-order valence-electron chi connectivity index (χ2n) is 3.11. The van der Waals surface area contributed by atoms with Crippen LogP contribution < -0.4 is 0 Å². The van der Waals surface area contributed by atoms with E-state index in [1.165, 1.54) is 13.8 Å². The highest BCUT2D eigenvalue weighted by molar-refractivity contribution is 5.66. The smallest absolute Gasteiger partial charge is 0.302 e. The number of esters is 2. The van der Waals surface area contributed by atoms with Gasteiger partial charge in [0, 0.05) is 13.8 Å². The van der Waals surface area contributed by atoms with Crippen LogP contribution >= 0.6 is 0 Å². The number of carbonyl (C=O) groups is 2. The lowest BCUT2D eigenvalue weighted by molar-refractivity contribution is -0.141. The molecule has 0 N–H and O–H groups in total. The summed E-state index contributed by atoms with van der Waals surface area (Å²) in [4.78, 5) is 20.8. The SMILES string of the molecule is CC(=O)OCC/C=C/C=C/CCOC(C)=O. The van der Waals surface area contributed by atoms with Gasteiger partial charge in [0.25, 0.3) is 0 Å². The Balaban J connectivity index is 3.34. The third-order valence-electron chi connectivity index (χ3n) is 1.56. The molecule has 0 atom stereocenters. The molecule has 0 aliphatic rings. The summed E-state index contributed by atoms with van der Waals surface area (Å²) in [5, 5.41) is 0. The van der Waals surface area contributed by atoms with Crippen molar-refractivity contribution in [2.75, 3.05) is 13.2 Å². The minimum atomic E-state index is -0.259. The zero-order chi connectivity index (χ0) is 12.2. The molecule has 0 aromatic carbocycles. The molecule has 0 saturated heterocycles. The van der Waals surface area contributed by atoms with Crippen molar-refractivity contribution in [1.29, 1.82) is 0 Å². The monoisotopic (exact) mass is 226 g/mol. The maximum absolute atomic E-state index is 10.4. The first-order chi connectivity index (χ1) is 7.63. The summed E-state index contributed by atoms with van der Waals surface area (Å²) in [7, 11) is 0. The van der Waals surface area contributed by atoms with Crippen LogP contribution in [0.5, 0.6) is 0 Å². The number of rotatable bonds is 7. The Morgan fingerprint density at radius 3 is 1.56 bits per heavy atom. The van der Waals surface area contributed by atoms with Crippen molar-refractivity contribution < 1.29 is 19.1 Å². The summed E-state index contributed by atoms with van der Waals surface area (Å²) >= 11 is 0. The van der Waals surface area contributed by atoms with Crippen LogP contribution in [0.4, 0.5) is 0 Å². The highest BCUT2D eigenvalue weighted by atomic mass is 16.5. The molecule has 0 aliphatic carbocycles. The summed E-state index contributed by atoms with van der Waals surface area (Å²) in [6.45, 7) is 3.59. The van der Waals surface area contributed by atoms with E-state index in [1.54, 1.807) is 0 Å². The van der Waals surface area contributed by atoms with Gasteiger partial charge in [-0.2, -0.15) is 0 Å². The summed E-state index contributed by atoms with van der Waals surface area (Å²) in [5.74, 6) is -0.518. The molecule has 16 heavy (non-hydrogen) atoms. The van der Waals surface area contributed by atoms with Crippen LogP contribution in [0.2, 0.25) is 0 Å². The van der Waals surface area contributed by atoms with E-state index < -0.39 is 0 Å². The molecule has 0 saturated carbocycles. The summed E-state index contributed by atoms with van der Waals surface area (Å²) in [5.41, 5.74) is 0. The average Bonchev–Trinajstić information content (AvgIpc) is 2.20. The average molecular weight is 226 g/mol. The van der Waals surface area contributed by atoms with Crippen molar-refractivity contribution in [3.63, 3.8) is 0 Å². The van der Waals surface area contributed by atoms with Crippen molar-refractivity contribution in [2.45, 2.75) is 26.7 Å². The van der Waals surface area contributed by atoms with Gasteiger partial charge < -0.3 is 9.47 Å². The second kappa shape index (κ2) is 9.96. The van der Waals surface area contributed by atoms with Crippen molar-refractivity contribution in [3.8, 4) is 0 Å². The Kier molecular flexibility index (Phi) is 8.97. The Bertz CT molecular complexity index is 238. The third-order valence-corrected chi connectivity index (χ3v) is 1.56. The van der Waals surface area contributed by atoms with Gasteiger partial charge in [-0.15, -0.1) is 0 Å². The molecule has 0 spiro atoms. The maximum Gasteiger partial charge on any atom is 0.302 e. The Morgan fingerprint density at radius 1 is 0.875 bits per heavy atom. The lowest BCUT2D eigenvalue weighted by Gasteiger charge is -1.96. The van der Waals surface area contributed by atoms with E-state index in [2.05, 4.69) is 0 Å². The molecule has 0 fully saturated rings. The molecule has 0 amide bonds. The number of hydrogen-bond donors (Lipinski definition) is 0. The zero-order valence-corrected chi connectivity index (χ0v) is 9.77. The van der Waals surface area contributed by atoms with Crippen LogP contribution in [0.3, 0.4) is 0 Å². The molecule has 0 rings (SSSR count). The predicted molar refractivity (Wildman–Crippen MR) is 60.8 cm³/mol. The Morgan fingerprint density at radius 2 is 1.25 bits per heavy atom. The van der Waals surface area contributed by atoms with Crippen molar-refractivity contribution >= 4 is 11.9 Å². The Hall–Kier alpha value is -1.58. The minimum absolute atomic E-state index is 0.259. The molecular weight excluding hydrogens is 208 g/mol. The van der Waals surface area contributed by atoms with Crippen LogP contribution in [0.25, 0.3) is 0 Å². The van der Waals surface area contributed by atoms with Gasteiger partial charge in [-0.25, -0.2) is 0 Å². The zero-order valence-electron chi connectivity index (χ0n) is 9.77. The van der Waals surface area contributed by atoms with Crippen LogP contribution in [-0.4, -0.2) is 25.2 Å². The largest absolute Gasteiger partial charge is 0.466 e. The van der Waals surface area contributed by atoms with E-state index >= 15 is 0 Å². The number of hydrogen-bond acceptors (Lipinski definition) is 4. The van der Waals surface area contributed by atoms with Crippen LogP contribution in [0.1, 0.15) is 26.7 Å². The van der Waals surface area contributed by atoms with Gasteiger partial charge in [-0.05, 0) is 12.8 Å². The molecule has 0 heterocycles. The van der Waals surface area contributed by atoms with Gasteiger partial charge in [-0.3, -0.25) is 9.59 Å². The van der Waals surface area contributed by atoms with E-state index in [1.807, 2.05) is 24.3 Å². The topological polar surface area (TPSA) is 52.6 Å². The predicted octanol–water partition coefficient (Wildman–Crippen LogP) is 2.01. The van der Waals surface area contributed by atoms with E-state index in [9.17, 15) is 9.59 Å². The van der Waals surface area contributed by atoms with Crippen molar-refractivity contribution in [3.05, 3.63) is 24.3 Å². The van der Waals surface area contributed by atoms with Gasteiger partial charge in [0.05, 0.1) is 13.2 Å². The summed E-state index contributed by atoms with van der Waals surface area (Å²) in [6.07, 6.45) is 8.97. The fourth-order valence-electron chi connectivity index (χ4n) is 0.891. The van der Waals surface area contributed by atoms with Crippen LogP contribution in [0, 0.1) is 0 Å². The molecule has 4 nitrogen and oxygen atoms in total. The normalized spacial score (nSPS) is 10.9. The van der Waals surface area contributed by atoms with E-state index in [0.29, 0.717) is 26.1 Å². The van der Waals surface area contributed by atoms with Gasteiger partial charge >= 0.3 is 11.9 Å². The standard InChI is InChI=1S/C12H18O4/c1-11(13)15-9-7-5-3-4-6-8-10-16-12(2)14/h3-6H,7-10H2,1-2H3/b5-3+,6-4+. The fraction of sp³-hybridized carbons (Fsp3) is 0.500. The lowest BCUT2D eigenvalue weighted by Crippen LogP contribution is -1.98. The lowest BCUT2D eigenvalue weighted by atomic mass is 10.3. The van der Waals surface area contributed by atoms with Crippen molar-refractivity contribution in [1.82, 2.24) is 0 Å². The van der Waals surface area contributed by atoms with Crippen LogP contribution in [0.15, 0.2) is 24.3 Å². The van der Waals surface area contributed by atoms with E-state index in [4.69, 9.17) is 9.47 Å². The first-order valence-electron chi connectivity index (χ1n) is 5.21. The van der Waals surface area contributed by atoms with Gasteiger partial charge in [0.1, 0.15) is 0 Å². The first kappa shape index (κ1) is 14.4. The van der Waals surface area contributed by atoms with Gasteiger partial charge in [0.15, 0.2) is 0 Å². The number of ether oxygens (including phenoxy) is 2.